The molecule has 0 aliphatic heterocycles. The number of ether oxygens (including phenoxy) is 3. The van der Waals surface area contributed by atoms with Crippen LogP contribution in [0.25, 0.3) is 0 Å². The maximum atomic E-state index is 13.7. The number of carbonyl (C=O) groups is 1. The molecule has 0 atom stereocenters. The SMILES string of the molecule is CCCCCCCCCCCCCCCCOc1cc(C(=O)c2ccc[nH]2)cc(OCCCCCCCCCCCCCCCC)c1OCCCCCCCCCCCCCCCC. The van der Waals surface area contributed by atoms with Gasteiger partial charge < -0.3 is 19.2 Å². The summed E-state index contributed by atoms with van der Waals surface area (Å²) in [4.78, 5) is 16.8. The molecule has 5 nitrogen and oxygen atoms in total. The van der Waals surface area contributed by atoms with E-state index < -0.39 is 0 Å². The highest BCUT2D eigenvalue weighted by Gasteiger charge is 2.20. The summed E-state index contributed by atoms with van der Waals surface area (Å²) in [6.45, 7) is 8.75. The lowest BCUT2D eigenvalue weighted by Gasteiger charge is -2.19. The van der Waals surface area contributed by atoms with E-state index in [1.165, 1.54) is 238 Å². The van der Waals surface area contributed by atoms with Crippen LogP contribution in [-0.4, -0.2) is 30.6 Å². The first kappa shape index (κ1) is 57.7. The first-order chi connectivity index (χ1) is 31.7. The Morgan fingerprint density at radius 3 is 0.906 bits per heavy atom. The van der Waals surface area contributed by atoms with Crippen LogP contribution in [0.1, 0.15) is 306 Å². The Labute approximate surface area is 397 Å². The number of ketones is 1. The molecule has 0 unspecified atom stereocenters. The second-order valence-electron chi connectivity index (χ2n) is 19.5. The van der Waals surface area contributed by atoms with Gasteiger partial charge in [0.05, 0.1) is 25.5 Å². The summed E-state index contributed by atoms with van der Waals surface area (Å²) in [5.74, 6) is 1.92. The summed E-state index contributed by atoms with van der Waals surface area (Å²) in [5.41, 5.74) is 1.16. The Bertz CT molecular complexity index is 1220. The van der Waals surface area contributed by atoms with E-state index >= 15 is 0 Å². The van der Waals surface area contributed by atoms with Gasteiger partial charge in [0.2, 0.25) is 11.5 Å². The van der Waals surface area contributed by atoms with Gasteiger partial charge in [0.25, 0.3) is 0 Å². The monoisotopic (exact) mass is 892 g/mol. The van der Waals surface area contributed by atoms with Crippen LogP contribution < -0.4 is 14.2 Å². The van der Waals surface area contributed by atoms with Gasteiger partial charge in [-0.25, -0.2) is 0 Å². The van der Waals surface area contributed by atoms with Crippen molar-refractivity contribution in [3.63, 3.8) is 0 Å². The Kier molecular flexibility index (Phi) is 40.0. The van der Waals surface area contributed by atoms with Crippen molar-refractivity contribution in [1.82, 2.24) is 4.98 Å². The summed E-state index contributed by atoms with van der Waals surface area (Å²) in [5, 5.41) is 0. The number of rotatable bonds is 50. The Hall–Kier alpha value is -2.43. The van der Waals surface area contributed by atoms with E-state index in [0.29, 0.717) is 48.3 Å². The third kappa shape index (κ3) is 32.3. The van der Waals surface area contributed by atoms with Crippen molar-refractivity contribution in [2.24, 2.45) is 0 Å². The number of hydrogen-bond donors (Lipinski definition) is 1. The van der Waals surface area contributed by atoms with Crippen LogP contribution >= 0.6 is 0 Å². The number of aromatic nitrogens is 1. The molecule has 0 bridgehead atoms. The Morgan fingerprint density at radius 2 is 0.641 bits per heavy atom. The van der Waals surface area contributed by atoms with Crippen molar-refractivity contribution in [1.29, 1.82) is 0 Å². The van der Waals surface area contributed by atoms with E-state index in [2.05, 4.69) is 25.8 Å². The molecule has 2 rings (SSSR count). The van der Waals surface area contributed by atoms with Crippen molar-refractivity contribution in [2.45, 2.75) is 290 Å². The third-order valence-electron chi connectivity index (χ3n) is 13.4. The predicted molar refractivity (Wildman–Crippen MR) is 278 cm³/mol. The van der Waals surface area contributed by atoms with Crippen molar-refractivity contribution in [3.05, 3.63) is 41.7 Å². The second kappa shape index (κ2) is 44.4. The topological polar surface area (TPSA) is 60.6 Å². The fourth-order valence-corrected chi connectivity index (χ4v) is 9.12. The standard InChI is InChI=1S/C59H105NO4/c1-4-7-10-13-16-19-22-25-28-31-34-37-40-43-49-62-56-52-54(58(61)55-47-46-48-60-55)53-57(63-50-44-41-38-35-32-29-26-23-20-17-14-11-8-5-2)59(56)64-51-45-42-39-36-33-30-27-24-21-18-15-12-9-6-3/h46-48,52-53,60H,4-45,49-51H2,1-3H3. The molecule has 0 aliphatic rings. The van der Waals surface area contributed by atoms with Crippen LogP contribution in [0.15, 0.2) is 30.5 Å². The largest absolute Gasteiger partial charge is 0.490 e. The number of benzene rings is 1. The maximum absolute atomic E-state index is 13.7. The van der Waals surface area contributed by atoms with E-state index in [4.69, 9.17) is 14.2 Å². The highest BCUT2D eigenvalue weighted by Crippen LogP contribution is 2.40. The minimum atomic E-state index is -0.0498. The van der Waals surface area contributed by atoms with Crippen LogP contribution in [0, 0.1) is 0 Å². The van der Waals surface area contributed by atoms with E-state index in [1.807, 2.05) is 24.3 Å². The molecule has 1 heterocycles. The average molecular weight is 892 g/mol. The normalized spacial score (nSPS) is 11.4. The zero-order valence-corrected chi connectivity index (χ0v) is 42.8. The highest BCUT2D eigenvalue weighted by molar-refractivity contribution is 6.08. The molecular formula is C59H105NO4. The zero-order valence-electron chi connectivity index (χ0n) is 42.8. The van der Waals surface area contributed by atoms with Crippen LogP contribution in [0.3, 0.4) is 0 Å². The first-order valence-corrected chi connectivity index (χ1v) is 28.5. The lowest BCUT2D eigenvalue weighted by Crippen LogP contribution is -2.09. The minimum absolute atomic E-state index is 0.0498. The molecule has 1 N–H and O–H groups in total. The van der Waals surface area contributed by atoms with Gasteiger partial charge in [0.15, 0.2) is 11.5 Å². The second-order valence-corrected chi connectivity index (χ2v) is 19.5. The minimum Gasteiger partial charge on any atom is -0.490 e. The first-order valence-electron chi connectivity index (χ1n) is 28.5. The maximum Gasteiger partial charge on any atom is 0.209 e. The van der Waals surface area contributed by atoms with Gasteiger partial charge in [0, 0.05) is 11.8 Å². The lowest BCUT2D eigenvalue weighted by atomic mass is 10.0. The van der Waals surface area contributed by atoms with Crippen LogP contribution in [0.2, 0.25) is 0 Å². The van der Waals surface area contributed by atoms with Gasteiger partial charge in [-0.2, -0.15) is 0 Å². The fourth-order valence-electron chi connectivity index (χ4n) is 9.12. The van der Waals surface area contributed by atoms with Gasteiger partial charge in [-0.3, -0.25) is 4.79 Å². The molecule has 0 aliphatic carbocycles. The Balaban J connectivity index is 1.87. The Morgan fingerprint density at radius 1 is 0.375 bits per heavy atom. The summed E-state index contributed by atoms with van der Waals surface area (Å²) in [7, 11) is 0. The van der Waals surface area contributed by atoms with Crippen molar-refractivity contribution in [2.75, 3.05) is 19.8 Å². The molecule has 370 valence electrons. The molecule has 0 fully saturated rings. The number of unbranched alkanes of at least 4 members (excludes halogenated alkanes) is 39. The van der Waals surface area contributed by atoms with Gasteiger partial charge in [0.1, 0.15) is 0 Å². The van der Waals surface area contributed by atoms with E-state index in [1.54, 1.807) is 6.20 Å². The molecule has 5 heteroatoms. The highest BCUT2D eigenvalue weighted by atomic mass is 16.5. The number of aromatic amines is 1. The molecule has 0 radical (unpaired) electrons. The molecule has 0 saturated carbocycles. The quantitative estimate of drug-likeness (QED) is 0.0531. The van der Waals surface area contributed by atoms with Crippen LogP contribution in [-0.2, 0) is 0 Å². The van der Waals surface area contributed by atoms with Gasteiger partial charge in [-0.05, 0) is 43.5 Å². The van der Waals surface area contributed by atoms with Crippen LogP contribution in [0.4, 0.5) is 0 Å². The number of nitrogens with one attached hydrogen (secondary N) is 1. The molecule has 64 heavy (non-hydrogen) atoms. The van der Waals surface area contributed by atoms with Gasteiger partial charge in [-0.15, -0.1) is 0 Å². The molecule has 2 aromatic rings. The number of H-pyrrole nitrogens is 1. The van der Waals surface area contributed by atoms with Crippen molar-refractivity contribution >= 4 is 5.78 Å². The van der Waals surface area contributed by atoms with Gasteiger partial charge >= 0.3 is 0 Å². The summed E-state index contributed by atoms with van der Waals surface area (Å²) >= 11 is 0. The molecule has 0 saturated heterocycles. The van der Waals surface area contributed by atoms with E-state index in [9.17, 15) is 4.79 Å². The number of hydrogen-bond acceptors (Lipinski definition) is 4. The average Bonchev–Trinajstić information content (AvgIpc) is 3.86. The summed E-state index contributed by atoms with van der Waals surface area (Å²) in [6, 6.07) is 7.51. The van der Waals surface area contributed by atoms with Gasteiger partial charge in [-0.1, -0.05) is 271 Å². The van der Waals surface area contributed by atoms with E-state index in [-0.39, 0.29) is 5.78 Å². The third-order valence-corrected chi connectivity index (χ3v) is 13.4. The zero-order chi connectivity index (χ0) is 45.6. The molecule has 1 aromatic carbocycles. The summed E-state index contributed by atoms with van der Waals surface area (Å²) in [6.07, 6.45) is 57.7. The summed E-state index contributed by atoms with van der Waals surface area (Å²) < 4.78 is 19.6. The smallest absolute Gasteiger partial charge is 0.209 e. The van der Waals surface area contributed by atoms with Crippen molar-refractivity contribution in [3.8, 4) is 17.2 Å². The molecular weight excluding hydrogens is 787 g/mol. The number of carbonyl (C=O) groups excluding carboxylic acids is 1. The molecule has 0 spiro atoms. The van der Waals surface area contributed by atoms with Crippen molar-refractivity contribution < 1.29 is 19.0 Å². The molecule has 0 amide bonds. The van der Waals surface area contributed by atoms with Crippen LogP contribution in [0.5, 0.6) is 17.2 Å². The predicted octanol–water partition coefficient (Wildman–Crippen LogP) is 19.8. The molecule has 1 aromatic heterocycles. The fraction of sp³-hybridized carbons (Fsp3) is 0.814. The lowest BCUT2D eigenvalue weighted by molar-refractivity contribution is 0.103. The van der Waals surface area contributed by atoms with E-state index in [0.717, 1.165) is 32.1 Å².